The fourth-order valence-electron chi connectivity index (χ4n) is 4.66. The molecule has 0 radical (unpaired) electrons. The van der Waals surface area contributed by atoms with Gasteiger partial charge in [-0.25, -0.2) is 0 Å². The van der Waals surface area contributed by atoms with E-state index in [-0.39, 0.29) is 0 Å². The van der Waals surface area contributed by atoms with Crippen molar-refractivity contribution in [3.8, 4) is 0 Å². The molecular formula is C23H29N3S. The van der Waals surface area contributed by atoms with Gasteiger partial charge in [0.1, 0.15) is 0 Å². The molecule has 27 heavy (non-hydrogen) atoms. The molecular weight excluding hydrogens is 350 g/mol. The highest BCUT2D eigenvalue weighted by molar-refractivity contribution is 7.80. The Morgan fingerprint density at radius 1 is 1.04 bits per heavy atom. The van der Waals surface area contributed by atoms with Crippen LogP contribution in [-0.2, 0) is 6.54 Å². The minimum absolute atomic E-state index is 0.472. The lowest BCUT2D eigenvalue weighted by Gasteiger charge is -2.39. The predicted molar refractivity (Wildman–Crippen MR) is 117 cm³/mol. The Kier molecular flexibility index (Phi) is 5.46. The molecule has 2 saturated heterocycles. The summed E-state index contributed by atoms with van der Waals surface area (Å²) in [6.07, 6.45) is 4.98. The zero-order chi connectivity index (χ0) is 18.8. The van der Waals surface area contributed by atoms with Crippen LogP contribution in [0.2, 0.25) is 0 Å². The Labute approximate surface area is 168 Å². The van der Waals surface area contributed by atoms with Crippen LogP contribution in [0.1, 0.15) is 42.4 Å². The molecule has 2 atom stereocenters. The number of benzene rings is 2. The van der Waals surface area contributed by atoms with E-state index in [9.17, 15) is 0 Å². The van der Waals surface area contributed by atoms with Crippen LogP contribution in [0.15, 0.2) is 48.5 Å². The lowest BCUT2D eigenvalue weighted by atomic mass is 9.96. The molecule has 2 bridgehead atoms. The van der Waals surface area contributed by atoms with Crippen LogP contribution in [0.5, 0.6) is 0 Å². The van der Waals surface area contributed by atoms with Gasteiger partial charge in [0.05, 0.1) is 0 Å². The minimum Gasteiger partial charge on any atom is -0.360 e. The van der Waals surface area contributed by atoms with Gasteiger partial charge in [0.2, 0.25) is 0 Å². The molecule has 2 aliphatic heterocycles. The SMILES string of the molecule is Cc1ccc(C)c(NC(=S)NC2C[C@@H]3CC[C@@H](C2)N3Cc2ccccc2)c1. The van der Waals surface area contributed by atoms with E-state index in [1.807, 2.05) is 0 Å². The highest BCUT2D eigenvalue weighted by Crippen LogP contribution is 2.36. The van der Waals surface area contributed by atoms with Crippen molar-refractivity contribution in [2.24, 2.45) is 0 Å². The van der Waals surface area contributed by atoms with E-state index in [2.05, 4.69) is 77.9 Å². The zero-order valence-corrected chi connectivity index (χ0v) is 17.1. The van der Waals surface area contributed by atoms with Crippen molar-refractivity contribution in [3.05, 3.63) is 65.2 Å². The number of nitrogens with one attached hydrogen (secondary N) is 2. The lowest BCUT2D eigenvalue weighted by molar-refractivity contribution is 0.115. The predicted octanol–water partition coefficient (Wildman–Crippen LogP) is 4.79. The lowest BCUT2D eigenvalue weighted by Crippen LogP contribution is -2.50. The van der Waals surface area contributed by atoms with Gasteiger partial charge in [0.25, 0.3) is 0 Å². The fraction of sp³-hybridized carbons (Fsp3) is 0.435. The number of hydrogen-bond acceptors (Lipinski definition) is 2. The summed E-state index contributed by atoms with van der Waals surface area (Å²) in [6, 6.07) is 19.1. The van der Waals surface area contributed by atoms with Crippen LogP contribution in [0, 0.1) is 13.8 Å². The molecule has 142 valence electrons. The van der Waals surface area contributed by atoms with Gasteiger partial charge in [-0.1, -0.05) is 42.5 Å². The second-order valence-corrected chi connectivity index (χ2v) is 8.54. The third kappa shape index (κ3) is 4.33. The van der Waals surface area contributed by atoms with E-state index in [0.717, 1.165) is 17.3 Å². The molecule has 3 nitrogen and oxygen atoms in total. The molecule has 2 fully saturated rings. The van der Waals surface area contributed by atoms with E-state index in [1.165, 1.54) is 42.4 Å². The van der Waals surface area contributed by atoms with Gasteiger partial charge in [-0.3, -0.25) is 4.90 Å². The van der Waals surface area contributed by atoms with E-state index >= 15 is 0 Å². The van der Waals surface area contributed by atoms with Gasteiger partial charge in [-0.2, -0.15) is 0 Å². The first kappa shape index (κ1) is 18.5. The van der Waals surface area contributed by atoms with E-state index in [1.54, 1.807) is 0 Å². The molecule has 0 amide bonds. The molecule has 0 spiro atoms. The number of anilines is 1. The number of nitrogens with zero attached hydrogens (tertiary/aromatic N) is 1. The molecule has 2 heterocycles. The zero-order valence-electron chi connectivity index (χ0n) is 16.2. The first-order valence-electron chi connectivity index (χ1n) is 10.0. The normalized spacial score (nSPS) is 24.6. The standard InChI is InChI=1S/C23H29N3S/c1-16-8-9-17(2)22(12-16)25-23(27)24-19-13-20-10-11-21(14-19)26(20)15-18-6-4-3-5-7-18/h3-9,12,19-21H,10-11,13-15H2,1-2H3,(H2,24,25,27)/t20-,21-/m0/s1. The largest absolute Gasteiger partial charge is 0.360 e. The molecule has 2 aromatic carbocycles. The second-order valence-electron chi connectivity index (χ2n) is 8.13. The summed E-state index contributed by atoms with van der Waals surface area (Å²) in [6.45, 7) is 5.31. The van der Waals surface area contributed by atoms with Crippen molar-refractivity contribution < 1.29 is 0 Å². The Morgan fingerprint density at radius 2 is 1.74 bits per heavy atom. The summed E-state index contributed by atoms with van der Waals surface area (Å²) in [5, 5.41) is 7.75. The molecule has 0 aromatic heterocycles. The third-order valence-electron chi connectivity index (χ3n) is 6.07. The van der Waals surface area contributed by atoms with Gasteiger partial charge in [-0.05, 0) is 74.5 Å². The number of thiocarbonyl (C=S) groups is 1. The first-order chi connectivity index (χ1) is 13.1. The monoisotopic (exact) mass is 379 g/mol. The Balaban J connectivity index is 1.34. The van der Waals surface area contributed by atoms with Crippen molar-refractivity contribution in [1.82, 2.24) is 10.2 Å². The Bertz CT molecular complexity index is 791. The summed E-state index contributed by atoms with van der Waals surface area (Å²) in [5.41, 5.74) is 5.01. The number of hydrogen-bond donors (Lipinski definition) is 2. The van der Waals surface area contributed by atoms with E-state index in [4.69, 9.17) is 12.2 Å². The molecule has 2 aliphatic rings. The highest BCUT2D eigenvalue weighted by Gasteiger charge is 2.40. The Morgan fingerprint density at radius 3 is 2.44 bits per heavy atom. The maximum Gasteiger partial charge on any atom is 0.171 e. The summed E-state index contributed by atoms with van der Waals surface area (Å²) < 4.78 is 0. The van der Waals surface area contributed by atoms with Crippen LogP contribution in [0.3, 0.4) is 0 Å². The molecule has 4 rings (SSSR count). The molecule has 0 aliphatic carbocycles. The van der Waals surface area contributed by atoms with Crippen molar-refractivity contribution in [2.45, 2.75) is 64.2 Å². The molecule has 0 unspecified atom stereocenters. The van der Waals surface area contributed by atoms with Crippen LogP contribution in [-0.4, -0.2) is 28.1 Å². The average molecular weight is 380 g/mol. The van der Waals surface area contributed by atoms with Crippen molar-refractivity contribution in [2.75, 3.05) is 5.32 Å². The van der Waals surface area contributed by atoms with Crippen LogP contribution < -0.4 is 10.6 Å². The number of piperidine rings is 1. The quantitative estimate of drug-likeness (QED) is 0.747. The second kappa shape index (κ2) is 7.99. The minimum atomic E-state index is 0.472. The van der Waals surface area contributed by atoms with Gasteiger partial charge >= 0.3 is 0 Å². The fourth-order valence-corrected chi connectivity index (χ4v) is 4.94. The van der Waals surface area contributed by atoms with Crippen molar-refractivity contribution >= 4 is 23.0 Å². The molecule has 4 heteroatoms. The highest BCUT2D eigenvalue weighted by atomic mass is 32.1. The topological polar surface area (TPSA) is 27.3 Å². The molecule has 0 saturated carbocycles. The number of rotatable bonds is 4. The first-order valence-corrected chi connectivity index (χ1v) is 10.4. The van der Waals surface area contributed by atoms with Crippen LogP contribution in [0.4, 0.5) is 5.69 Å². The smallest absolute Gasteiger partial charge is 0.171 e. The summed E-state index contributed by atoms with van der Waals surface area (Å²) in [5.74, 6) is 0. The summed E-state index contributed by atoms with van der Waals surface area (Å²) in [7, 11) is 0. The maximum atomic E-state index is 5.62. The Hall–Kier alpha value is -1.91. The van der Waals surface area contributed by atoms with Crippen LogP contribution >= 0.6 is 12.2 Å². The van der Waals surface area contributed by atoms with Gasteiger partial charge in [0, 0.05) is 30.4 Å². The summed E-state index contributed by atoms with van der Waals surface area (Å²) >= 11 is 5.62. The molecule has 2 N–H and O–H groups in total. The third-order valence-corrected chi connectivity index (χ3v) is 6.29. The average Bonchev–Trinajstić information content (AvgIpc) is 2.88. The summed E-state index contributed by atoms with van der Waals surface area (Å²) in [4.78, 5) is 2.72. The van der Waals surface area contributed by atoms with Gasteiger partial charge in [-0.15, -0.1) is 0 Å². The van der Waals surface area contributed by atoms with Gasteiger partial charge < -0.3 is 10.6 Å². The molecule has 2 aromatic rings. The van der Waals surface area contributed by atoms with Crippen molar-refractivity contribution in [3.63, 3.8) is 0 Å². The van der Waals surface area contributed by atoms with Crippen molar-refractivity contribution in [1.29, 1.82) is 0 Å². The number of aryl methyl sites for hydroxylation is 2. The van der Waals surface area contributed by atoms with E-state index in [0.29, 0.717) is 18.1 Å². The number of fused-ring (bicyclic) bond motifs is 2. The maximum absolute atomic E-state index is 5.62. The van der Waals surface area contributed by atoms with E-state index < -0.39 is 0 Å². The van der Waals surface area contributed by atoms with Crippen LogP contribution in [0.25, 0.3) is 0 Å². The van der Waals surface area contributed by atoms with Gasteiger partial charge in [0.15, 0.2) is 5.11 Å².